The minimum absolute atomic E-state index is 0.0292. The minimum atomic E-state index is -0.597. The van der Waals surface area contributed by atoms with E-state index in [0.29, 0.717) is 6.42 Å². The van der Waals surface area contributed by atoms with Crippen molar-refractivity contribution in [3.05, 3.63) is 34.1 Å². The maximum Gasteiger partial charge on any atom is 0.254 e. The number of nitrogens with two attached hydrogens (primary N) is 1. The van der Waals surface area contributed by atoms with Crippen LogP contribution in [-0.4, -0.2) is 18.4 Å². The summed E-state index contributed by atoms with van der Waals surface area (Å²) in [6.45, 7) is 0.285. The summed E-state index contributed by atoms with van der Waals surface area (Å²) >= 11 is 3.00. The highest BCUT2D eigenvalue weighted by Gasteiger charge is 2.12. The third-order valence-corrected chi connectivity index (χ3v) is 2.69. The SMILES string of the molecule is NC(=O)CCCNC(=O)c1cccc(Br)c1F. The van der Waals surface area contributed by atoms with E-state index in [2.05, 4.69) is 21.2 Å². The van der Waals surface area contributed by atoms with Gasteiger partial charge in [0.1, 0.15) is 5.82 Å². The molecular weight excluding hydrogens is 291 g/mol. The molecule has 0 aromatic heterocycles. The minimum Gasteiger partial charge on any atom is -0.370 e. The van der Waals surface area contributed by atoms with Crippen molar-refractivity contribution in [2.75, 3.05) is 6.54 Å². The van der Waals surface area contributed by atoms with Crippen molar-refractivity contribution in [1.29, 1.82) is 0 Å². The van der Waals surface area contributed by atoms with Crippen molar-refractivity contribution in [2.24, 2.45) is 5.73 Å². The molecule has 0 aliphatic heterocycles. The van der Waals surface area contributed by atoms with Crippen LogP contribution in [0, 0.1) is 5.82 Å². The lowest BCUT2D eigenvalue weighted by Gasteiger charge is -2.06. The number of hydrogen-bond donors (Lipinski definition) is 2. The van der Waals surface area contributed by atoms with Gasteiger partial charge >= 0.3 is 0 Å². The van der Waals surface area contributed by atoms with Crippen molar-refractivity contribution in [3.8, 4) is 0 Å². The second-order valence-electron chi connectivity index (χ2n) is 3.43. The van der Waals surface area contributed by atoms with Gasteiger partial charge in [-0.25, -0.2) is 4.39 Å². The van der Waals surface area contributed by atoms with Crippen molar-refractivity contribution in [3.63, 3.8) is 0 Å². The zero-order chi connectivity index (χ0) is 12.8. The van der Waals surface area contributed by atoms with E-state index in [1.807, 2.05) is 0 Å². The van der Waals surface area contributed by atoms with Gasteiger partial charge in [0.2, 0.25) is 5.91 Å². The largest absolute Gasteiger partial charge is 0.370 e. The Morgan fingerprint density at radius 3 is 2.76 bits per heavy atom. The van der Waals surface area contributed by atoms with Crippen LogP contribution in [0.15, 0.2) is 22.7 Å². The van der Waals surface area contributed by atoms with Gasteiger partial charge in [-0.2, -0.15) is 0 Å². The van der Waals surface area contributed by atoms with E-state index < -0.39 is 17.6 Å². The van der Waals surface area contributed by atoms with Gasteiger partial charge in [-0.1, -0.05) is 6.07 Å². The van der Waals surface area contributed by atoms with Gasteiger partial charge in [0.15, 0.2) is 0 Å². The number of primary amides is 1. The van der Waals surface area contributed by atoms with Crippen LogP contribution in [0.25, 0.3) is 0 Å². The number of halogens is 2. The lowest BCUT2D eigenvalue weighted by molar-refractivity contribution is -0.118. The number of hydrogen-bond acceptors (Lipinski definition) is 2. The molecule has 0 spiro atoms. The Hall–Kier alpha value is -1.43. The van der Waals surface area contributed by atoms with Gasteiger partial charge in [0, 0.05) is 13.0 Å². The van der Waals surface area contributed by atoms with Gasteiger partial charge in [-0.05, 0) is 34.5 Å². The van der Waals surface area contributed by atoms with Crippen molar-refractivity contribution in [2.45, 2.75) is 12.8 Å². The third kappa shape index (κ3) is 4.14. The fourth-order valence-electron chi connectivity index (χ4n) is 1.24. The normalized spacial score (nSPS) is 10.0. The molecule has 0 aliphatic rings. The molecule has 0 radical (unpaired) electrons. The summed E-state index contributed by atoms with van der Waals surface area (Å²) in [5.74, 6) is -1.53. The number of carbonyl (C=O) groups excluding carboxylic acids is 2. The number of nitrogens with one attached hydrogen (secondary N) is 1. The molecule has 2 amide bonds. The van der Waals surface area contributed by atoms with Crippen LogP contribution in [-0.2, 0) is 4.79 Å². The molecule has 92 valence electrons. The highest BCUT2D eigenvalue weighted by Crippen LogP contribution is 2.18. The van der Waals surface area contributed by atoms with E-state index in [-0.39, 0.29) is 23.0 Å². The first-order chi connectivity index (χ1) is 8.02. The predicted octanol–water partition coefficient (Wildman–Crippen LogP) is 1.58. The molecule has 1 rings (SSSR count). The van der Waals surface area contributed by atoms with Crippen molar-refractivity contribution in [1.82, 2.24) is 5.32 Å². The molecule has 0 heterocycles. The standard InChI is InChI=1S/C11H12BrFN2O2/c12-8-4-1-3-7(10(8)13)11(17)15-6-2-5-9(14)16/h1,3-4H,2,5-6H2,(H2,14,16)(H,15,17). The fraction of sp³-hybridized carbons (Fsp3) is 0.273. The van der Waals surface area contributed by atoms with Gasteiger partial charge in [0.05, 0.1) is 10.0 Å². The molecule has 6 heteroatoms. The fourth-order valence-corrected chi connectivity index (χ4v) is 1.61. The number of amides is 2. The topological polar surface area (TPSA) is 72.2 Å². The van der Waals surface area contributed by atoms with Crippen LogP contribution in [0.2, 0.25) is 0 Å². The Balaban J connectivity index is 2.53. The summed E-state index contributed by atoms with van der Waals surface area (Å²) < 4.78 is 13.7. The molecule has 1 aromatic carbocycles. The summed E-state index contributed by atoms with van der Waals surface area (Å²) in [7, 11) is 0. The second-order valence-corrected chi connectivity index (χ2v) is 4.28. The van der Waals surface area contributed by atoms with Gasteiger partial charge in [-0.15, -0.1) is 0 Å². The molecule has 17 heavy (non-hydrogen) atoms. The zero-order valence-corrected chi connectivity index (χ0v) is 10.6. The molecule has 0 aliphatic carbocycles. The van der Waals surface area contributed by atoms with Crippen molar-refractivity contribution < 1.29 is 14.0 Å². The van der Waals surface area contributed by atoms with Crippen LogP contribution in [0.4, 0.5) is 4.39 Å². The highest BCUT2D eigenvalue weighted by molar-refractivity contribution is 9.10. The summed E-state index contributed by atoms with van der Waals surface area (Å²) in [5, 5.41) is 2.51. The molecule has 3 N–H and O–H groups in total. The molecule has 0 saturated heterocycles. The smallest absolute Gasteiger partial charge is 0.254 e. The van der Waals surface area contributed by atoms with E-state index in [4.69, 9.17) is 5.73 Å². The first kappa shape index (κ1) is 13.6. The van der Waals surface area contributed by atoms with E-state index in [9.17, 15) is 14.0 Å². The lowest BCUT2D eigenvalue weighted by atomic mass is 10.2. The molecule has 4 nitrogen and oxygen atoms in total. The van der Waals surface area contributed by atoms with Crippen molar-refractivity contribution >= 4 is 27.7 Å². The zero-order valence-electron chi connectivity index (χ0n) is 9.00. The molecule has 0 atom stereocenters. The number of carbonyl (C=O) groups is 2. The van der Waals surface area contributed by atoms with E-state index in [0.717, 1.165) is 0 Å². The van der Waals surface area contributed by atoms with E-state index in [1.165, 1.54) is 12.1 Å². The van der Waals surface area contributed by atoms with Crippen LogP contribution < -0.4 is 11.1 Å². The van der Waals surface area contributed by atoms with Gasteiger partial charge in [0.25, 0.3) is 5.91 Å². The predicted molar refractivity (Wildman–Crippen MR) is 64.9 cm³/mol. The first-order valence-electron chi connectivity index (χ1n) is 5.03. The van der Waals surface area contributed by atoms with Gasteiger partial charge in [-0.3, -0.25) is 9.59 Å². The Labute approximate surface area is 107 Å². The van der Waals surface area contributed by atoms with E-state index in [1.54, 1.807) is 6.07 Å². The number of rotatable bonds is 5. The summed E-state index contributed by atoms with van der Waals surface area (Å²) in [5.41, 5.74) is 4.92. The van der Waals surface area contributed by atoms with Crippen LogP contribution in [0.1, 0.15) is 23.2 Å². The van der Waals surface area contributed by atoms with Crippen LogP contribution >= 0.6 is 15.9 Å². The Kier molecular flexibility index (Phi) is 5.09. The molecule has 0 unspecified atom stereocenters. The summed E-state index contributed by atoms with van der Waals surface area (Å²) in [6.07, 6.45) is 0.637. The Bertz CT molecular complexity index is 437. The summed E-state index contributed by atoms with van der Waals surface area (Å²) in [4.78, 5) is 22.0. The maximum atomic E-state index is 13.5. The monoisotopic (exact) mass is 302 g/mol. The van der Waals surface area contributed by atoms with Crippen LogP contribution in [0.5, 0.6) is 0 Å². The van der Waals surface area contributed by atoms with Gasteiger partial charge < -0.3 is 11.1 Å². The quantitative estimate of drug-likeness (QED) is 0.811. The molecule has 0 fully saturated rings. The molecule has 1 aromatic rings. The Morgan fingerprint density at radius 1 is 1.41 bits per heavy atom. The second kappa shape index (κ2) is 6.34. The first-order valence-corrected chi connectivity index (χ1v) is 5.82. The summed E-state index contributed by atoms with van der Waals surface area (Å²) in [6, 6.07) is 4.48. The number of benzene rings is 1. The average Bonchev–Trinajstić information content (AvgIpc) is 2.27. The molecule has 0 saturated carbocycles. The van der Waals surface area contributed by atoms with Crippen LogP contribution in [0.3, 0.4) is 0 Å². The molecule has 0 bridgehead atoms. The maximum absolute atomic E-state index is 13.5. The molecular formula is C11H12BrFN2O2. The average molecular weight is 303 g/mol. The lowest BCUT2D eigenvalue weighted by Crippen LogP contribution is -2.26. The van der Waals surface area contributed by atoms with E-state index >= 15 is 0 Å². The third-order valence-electron chi connectivity index (χ3n) is 2.08. The Morgan fingerprint density at radius 2 is 2.12 bits per heavy atom. The highest BCUT2D eigenvalue weighted by atomic mass is 79.9.